The summed E-state index contributed by atoms with van der Waals surface area (Å²) in [4.78, 5) is 2.10. The monoisotopic (exact) mass is 242 g/mol. The Bertz CT molecular complexity index is 471. The smallest absolute Gasteiger partial charge is 0.101 e. The highest BCUT2D eigenvalue weighted by Gasteiger charge is 2.21. The fraction of sp³-hybridized carbons (Fsp3) is 0.429. The molecule has 1 rings (SSSR count). The minimum Gasteiger partial charge on any atom is -0.381 e. The summed E-state index contributed by atoms with van der Waals surface area (Å²) in [5.41, 5.74) is 1.57. The molecule has 1 aromatic carbocycles. The third-order valence-electron chi connectivity index (χ3n) is 3.21. The molecule has 4 heteroatoms. The van der Waals surface area contributed by atoms with Crippen LogP contribution in [0.4, 0.5) is 5.69 Å². The summed E-state index contributed by atoms with van der Waals surface area (Å²) in [5, 5.41) is 21.4. The van der Waals surface area contributed by atoms with Crippen LogP contribution in [0.1, 0.15) is 25.0 Å². The average molecular weight is 242 g/mol. The van der Waals surface area contributed by atoms with E-state index in [1.807, 2.05) is 14.1 Å². The molecule has 0 atom stereocenters. The SMILES string of the molecule is CN(C)C(C)(C)CNc1c(C#N)cccc1C#N. The van der Waals surface area contributed by atoms with Crippen molar-refractivity contribution in [2.45, 2.75) is 19.4 Å². The second-order valence-electron chi connectivity index (χ2n) is 5.01. The van der Waals surface area contributed by atoms with Crippen molar-refractivity contribution < 1.29 is 0 Å². The zero-order chi connectivity index (χ0) is 13.8. The molecule has 0 amide bonds. The van der Waals surface area contributed by atoms with Crippen molar-refractivity contribution in [3.05, 3.63) is 29.3 Å². The van der Waals surface area contributed by atoms with Gasteiger partial charge in [-0.2, -0.15) is 10.5 Å². The molecule has 94 valence electrons. The van der Waals surface area contributed by atoms with Gasteiger partial charge in [0.05, 0.1) is 16.8 Å². The Morgan fingerprint density at radius 2 is 1.67 bits per heavy atom. The summed E-state index contributed by atoms with van der Waals surface area (Å²) in [5.74, 6) is 0. The number of nitrogens with zero attached hydrogens (tertiary/aromatic N) is 3. The molecule has 0 aliphatic rings. The van der Waals surface area contributed by atoms with Crippen LogP contribution < -0.4 is 5.32 Å². The lowest BCUT2D eigenvalue weighted by molar-refractivity contribution is 0.210. The van der Waals surface area contributed by atoms with Crippen LogP contribution in [-0.2, 0) is 0 Å². The molecule has 0 aliphatic carbocycles. The van der Waals surface area contributed by atoms with Crippen LogP contribution in [-0.4, -0.2) is 31.1 Å². The molecular formula is C14H18N4. The third kappa shape index (κ3) is 3.00. The zero-order valence-corrected chi connectivity index (χ0v) is 11.3. The predicted octanol–water partition coefficient (Wildman–Crippen LogP) is 2.18. The normalized spacial score (nSPS) is 10.8. The second kappa shape index (κ2) is 5.53. The summed E-state index contributed by atoms with van der Waals surface area (Å²) in [6.07, 6.45) is 0. The summed E-state index contributed by atoms with van der Waals surface area (Å²) in [6.45, 7) is 4.86. The van der Waals surface area contributed by atoms with Crippen LogP contribution in [0.25, 0.3) is 0 Å². The molecule has 0 fully saturated rings. The van der Waals surface area contributed by atoms with Gasteiger partial charge in [0.1, 0.15) is 12.1 Å². The van der Waals surface area contributed by atoms with Crippen LogP contribution in [0.15, 0.2) is 18.2 Å². The van der Waals surface area contributed by atoms with Gasteiger partial charge in [-0.1, -0.05) is 6.07 Å². The van der Waals surface area contributed by atoms with E-state index in [0.29, 0.717) is 23.4 Å². The van der Waals surface area contributed by atoms with E-state index < -0.39 is 0 Å². The Balaban J connectivity index is 2.99. The fourth-order valence-corrected chi connectivity index (χ4v) is 1.39. The zero-order valence-electron chi connectivity index (χ0n) is 11.3. The Kier molecular flexibility index (Phi) is 4.31. The quantitative estimate of drug-likeness (QED) is 0.879. The molecular weight excluding hydrogens is 224 g/mol. The highest BCUT2D eigenvalue weighted by Crippen LogP contribution is 2.21. The topological polar surface area (TPSA) is 62.9 Å². The second-order valence-corrected chi connectivity index (χ2v) is 5.01. The van der Waals surface area contributed by atoms with Crippen molar-refractivity contribution in [3.8, 4) is 12.1 Å². The first-order valence-corrected chi connectivity index (χ1v) is 5.77. The molecule has 0 saturated heterocycles. The number of hydrogen-bond donors (Lipinski definition) is 1. The number of para-hydroxylation sites is 1. The molecule has 18 heavy (non-hydrogen) atoms. The van der Waals surface area contributed by atoms with Crippen LogP contribution in [0, 0.1) is 22.7 Å². The lowest BCUT2D eigenvalue weighted by Gasteiger charge is -2.33. The first kappa shape index (κ1) is 14.0. The highest BCUT2D eigenvalue weighted by molar-refractivity contribution is 5.66. The van der Waals surface area contributed by atoms with E-state index in [9.17, 15) is 0 Å². The van der Waals surface area contributed by atoms with Gasteiger partial charge < -0.3 is 10.2 Å². The minimum atomic E-state index is -0.0602. The van der Waals surface area contributed by atoms with E-state index in [1.165, 1.54) is 0 Å². The maximum atomic E-state index is 9.07. The van der Waals surface area contributed by atoms with Gasteiger partial charge in [0.25, 0.3) is 0 Å². The van der Waals surface area contributed by atoms with Gasteiger partial charge >= 0.3 is 0 Å². The number of hydrogen-bond acceptors (Lipinski definition) is 4. The maximum Gasteiger partial charge on any atom is 0.101 e. The molecule has 1 N–H and O–H groups in total. The summed E-state index contributed by atoms with van der Waals surface area (Å²) in [7, 11) is 4.01. The Morgan fingerprint density at radius 3 is 2.06 bits per heavy atom. The van der Waals surface area contributed by atoms with E-state index in [1.54, 1.807) is 18.2 Å². The van der Waals surface area contributed by atoms with Gasteiger partial charge in [0.2, 0.25) is 0 Å². The van der Waals surface area contributed by atoms with Crippen molar-refractivity contribution in [1.29, 1.82) is 10.5 Å². The maximum absolute atomic E-state index is 9.07. The summed E-state index contributed by atoms with van der Waals surface area (Å²) < 4.78 is 0. The molecule has 0 spiro atoms. The molecule has 0 saturated carbocycles. The summed E-state index contributed by atoms with van der Waals surface area (Å²) in [6, 6.07) is 9.37. The van der Waals surface area contributed by atoms with Gasteiger partial charge in [-0.25, -0.2) is 0 Å². The Morgan fingerprint density at radius 1 is 1.17 bits per heavy atom. The van der Waals surface area contributed by atoms with Crippen molar-refractivity contribution in [1.82, 2.24) is 4.90 Å². The number of nitrogens with one attached hydrogen (secondary N) is 1. The van der Waals surface area contributed by atoms with E-state index >= 15 is 0 Å². The van der Waals surface area contributed by atoms with Crippen molar-refractivity contribution >= 4 is 5.69 Å². The van der Waals surface area contributed by atoms with Crippen molar-refractivity contribution in [2.75, 3.05) is 26.0 Å². The molecule has 0 radical (unpaired) electrons. The lowest BCUT2D eigenvalue weighted by Crippen LogP contribution is -2.44. The highest BCUT2D eigenvalue weighted by atomic mass is 15.2. The molecule has 0 aliphatic heterocycles. The Hall–Kier alpha value is -2.04. The molecule has 0 unspecified atom stereocenters. The molecule has 1 aromatic rings. The van der Waals surface area contributed by atoms with Crippen LogP contribution >= 0.6 is 0 Å². The first-order valence-electron chi connectivity index (χ1n) is 5.77. The first-order chi connectivity index (χ1) is 8.42. The van der Waals surface area contributed by atoms with Crippen molar-refractivity contribution in [3.63, 3.8) is 0 Å². The van der Waals surface area contributed by atoms with Gasteiger partial charge in [-0.15, -0.1) is 0 Å². The standard InChI is InChI=1S/C14H18N4/c1-14(2,18(3)4)10-17-13-11(8-15)6-5-7-12(13)9-16/h5-7,17H,10H2,1-4H3. The number of nitriles is 2. The fourth-order valence-electron chi connectivity index (χ4n) is 1.39. The van der Waals surface area contributed by atoms with E-state index in [-0.39, 0.29) is 5.54 Å². The lowest BCUT2D eigenvalue weighted by atomic mass is 10.0. The van der Waals surface area contributed by atoms with Crippen molar-refractivity contribution in [2.24, 2.45) is 0 Å². The van der Waals surface area contributed by atoms with Crippen LogP contribution in [0.2, 0.25) is 0 Å². The third-order valence-corrected chi connectivity index (χ3v) is 3.21. The van der Waals surface area contributed by atoms with E-state index in [0.717, 1.165) is 0 Å². The molecule has 4 nitrogen and oxygen atoms in total. The summed E-state index contributed by atoms with van der Waals surface area (Å²) >= 11 is 0. The van der Waals surface area contributed by atoms with Gasteiger partial charge in [0, 0.05) is 12.1 Å². The number of rotatable bonds is 4. The number of benzene rings is 1. The van der Waals surface area contributed by atoms with Crippen LogP contribution in [0.5, 0.6) is 0 Å². The number of anilines is 1. The Labute approximate surface area is 108 Å². The van der Waals surface area contributed by atoms with Gasteiger partial charge in [-0.05, 0) is 40.1 Å². The van der Waals surface area contributed by atoms with Crippen LogP contribution in [0.3, 0.4) is 0 Å². The van der Waals surface area contributed by atoms with E-state index in [2.05, 4.69) is 36.2 Å². The minimum absolute atomic E-state index is 0.0602. The molecule has 0 heterocycles. The van der Waals surface area contributed by atoms with Gasteiger partial charge in [0.15, 0.2) is 0 Å². The largest absolute Gasteiger partial charge is 0.381 e. The molecule has 0 bridgehead atoms. The predicted molar refractivity (Wildman–Crippen MR) is 72.1 cm³/mol. The van der Waals surface area contributed by atoms with Gasteiger partial charge in [-0.3, -0.25) is 0 Å². The average Bonchev–Trinajstić information content (AvgIpc) is 2.35. The van der Waals surface area contributed by atoms with E-state index in [4.69, 9.17) is 10.5 Å². The number of likely N-dealkylation sites (N-methyl/N-ethyl adjacent to an activating group) is 1. The molecule has 0 aromatic heterocycles.